The molecule has 3 nitrogen and oxygen atoms in total. The van der Waals surface area contributed by atoms with Gasteiger partial charge >= 0.3 is 0 Å². The standard InChI is InChI=1S/C15H22FNO2/c1-9-11(15(8-17)6-4-5-7-15)13(18)14(19-3)10(2)12(9)16/h18H,4-8,17H2,1-3H3. The van der Waals surface area contributed by atoms with Crippen molar-refractivity contribution in [2.24, 2.45) is 5.73 Å². The SMILES string of the molecule is COc1c(C)c(F)c(C)c(C2(CN)CCCC2)c1O. The fourth-order valence-corrected chi connectivity index (χ4v) is 3.47. The second kappa shape index (κ2) is 5.00. The van der Waals surface area contributed by atoms with Crippen molar-refractivity contribution in [3.05, 3.63) is 22.5 Å². The number of aromatic hydroxyl groups is 1. The monoisotopic (exact) mass is 267 g/mol. The Hall–Kier alpha value is -1.29. The highest BCUT2D eigenvalue weighted by molar-refractivity contribution is 5.58. The minimum Gasteiger partial charge on any atom is -0.504 e. The van der Waals surface area contributed by atoms with Crippen LogP contribution < -0.4 is 10.5 Å². The van der Waals surface area contributed by atoms with Crippen molar-refractivity contribution in [1.29, 1.82) is 0 Å². The number of rotatable bonds is 3. The maximum absolute atomic E-state index is 14.3. The van der Waals surface area contributed by atoms with Gasteiger partial charge in [0.25, 0.3) is 0 Å². The molecule has 0 amide bonds. The molecule has 106 valence electrons. The number of ether oxygens (including phenoxy) is 1. The first-order valence-electron chi connectivity index (χ1n) is 6.74. The van der Waals surface area contributed by atoms with Gasteiger partial charge in [0, 0.05) is 23.1 Å². The van der Waals surface area contributed by atoms with Crippen LogP contribution in [0.3, 0.4) is 0 Å². The lowest BCUT2D eigenvalue weighted by molar-refractivity contribution is 0.346. The maximum Gasteiger partial charge on any atom is 0.166 e. The summed E-state index contributed by atoms with van der Waals surface area (Å²) in [6.07, 6.45) is 3.91. The van der Waals surface area contributed by atoms with Gasteiger partial charge in [-0.05, 0) is 32.3 Å². The molecule has 1 fully saturated rings. The summed E-state index contributed by atoms with van der Waals surface area (Å²) in [5.41, 5.74) is 7.14. The van der Waals surface area contributed by atoms with Crippen molar-refractivity contribution in [2.75, 3.05) is 13.7 Å². The van der Waals surface area contributed by atoms with Crippen molar-refractivity contribution in [3.8, 4) is 11.5 Å². The third-order valence-corrected chi connectivity index (χ3v) is 4.51. The zero-order valence-corrected chi connectivity index (χ0v) is 11.8. The van der Waals surface area contributed by atoms with E-state index in [2.05, 4.69) is 0 Å². The number of halogens is 1. The Labute approximate surface area is 113 Å². The highest BCUT2D eigenvalue weighted by Gasteiger charge is 2.40. The van der Waals surface area contributed by atoms with Crippen LogP contribution in [-0.2, 0) is 5.41 Å². The zero-order chi connectivity index (χ0) is 14.2. The lowest BCUT2D eigenvalue weighted by Gasteiger charge is -2.31. The summed E-state index contributed by atoms with van der Waals surface area (Å²) in [5.74, 6) is -0.00606. The molecule has 3 N–H and O–H groups in total. The number of hydrogen-bond acceptors (Lipinski definition) is 3. The van der Waals surface area contributed by atoms with E-state index in [1.807, 2.05) is 0 Å². The van der Waals surface area contributed by atoms with Gasteiger partial charge in [0.05, 0.1) is 7.11 Å². The quantitative estimate of drug-likeness (QED) is 0.885. The molecule has 1 aromatic rings. The summed E-state index contributed by atoms with van der Waals surface area (Å²) in [5, 5.41) is 10.5. The number of phenolic OH excluding ortho intramolecular Hbond substituents is 1. The maximum atomic E-state index is 14.3. The van der Waals surface area contributed by atoms with Crippen molar-refractivity contribution in [2.45, 2.75) is 44.9 Å². The van der Waals surface area contributed by atoms with Crippen LogP contribution in [0.15, 0.2) is 0 Å². The van der Waals surface area contributed by atoms with Gasteiger partial charge in [0.1, 0.15) is 5.82 Å². The van der Waals surface area contributed by atoms with Crippen molar-refractivity contribution >= 4 is 0 Å². The summed E-state index contributed by atoms with van der Waals surface area (Å²) in [7, 11) is 1.45. The molecule has 0 heterocycles. The second-order valence-electron chi connectivity index (χ2n) is 5.51. The molecule has 0 unspecified atom stereocenters. The number of hydrogen-bond donors (Lipinski definition) is 2. The van der Waals surface area contributed by atoms with Crippen LogP contribution in [0.4, 0.5) is 4.39 Å². The Morgan fingerprint density at radius 2 is 1.84 bits per heavy atom. The van der Waals surface area contributed by atoms with Gasteiger partial charge in [-0.3, -0.25) is 0 Å². The highest BCUT2D eigenvalue weighted by Crippen LogP contribution is 2.49. The van der Waals surface area contributed by atoms with Gasteiger partial charge in [0.15, 0.2) is 11.5 Å². The van der Waals surface area contributed by atoms with Crippen LogP contribution in [0, 0.1) is 19.7 Å². The van der Waals surface area contributed by atoms with Gasteiger partial charge in [-0.1, -0.05) is 12.8 Å². The van der Waals surface area contributed by atoms with Crippen LogP contribution in [0.1, 0.15) is 42.4 Å². The molecule has 1 aliphatic carbocycles. The topological polar surface area (TPSA) is 55.5 Å². The third kappa shape index (κ3) is 1.98. The Bertz CT molecular complexity index is 494. The Morgan fingerprint density at radius 3 is 2.32 bits per heavy atom. The first-order valence-corrected chi connectivity index (χ1v) is 6.74. The average Bonchev–Trinajstić information content (AvgIpc) is 2.87. The molecule has 0 saturated heterocycles. The molecular formula is C15H22FNO2. The van der Waals surface area contributed by atoms with E-state index >= 15 is 0 Å². The minimum atomic E-state index is -0.310. The minimum absolute atomic E-state index is 0.0613. The number of nitrogens with two attached hydrogens (primary N) is 1. The van der Waals surface area contributed by atoms with E-state index < -0.39 is 0 Å². The van der Waals surface area contributed by atoms with Gasteiger partial charge in [-0.25, -0.2) is 4.39 Å². The van der Waals surface area contributed by atoms with Crippen LogP contribution in [0.2, 0.25) is 0 Å². The molecule has 1 saturated carbocycles. The molecule has 0 aromatic heterocycles. The lowest BCUT2D eigenvalue weighted by Crippen LogP contribution is -2.33. The van der Waals surface area contributed by atoms with Crippen LogP contribution >= 0.6 is 0 Å². The van der Waals surface area contributed by atoms with Crippen LogP contribution in [0.5, 0.6) is 11.5 Å². The Kier molecular flexibility index (Phi) is 3.72. The molecule has 2 rings (SSSR count). The summed E-state index contributed by atoms with van der Waals surface area (Å²) in [6.45, 7) is 3.76. The predicted octanol–water partition coefficient (Wildman–Crippen LogP) is 2.93. The molecule has 0 radical (unpaired) electrons. The molecular weight excluding hydrogens is 245 g/mol. The van der Waals surface area contributed by atoms with Gasteiger partial charge in [0.2, 0.25) is 0 Å². The molecule has 0 atom stereocenters. The summed E-state index contributed by atoms with van der Waals surface area (Å²) >= 11 is 0. The Balaban J connectivity index is 2.72. The molecule has 4 heteroatoms. The van der Waals surface area contributed by atoms with Gasteiger partial charge < -0.3 is 15.6 Å². The van der Waals surface area contributed by atoms with Crippen LogP contribution in [0.25, 0.3) is 0 Å². The highest BCUT2D eigenvalue weighted by atomic mass is 19.1. The average molecular weight is 267 g/mol. The predicted molar refractivity (Wildman–Crippen MR) is 73.3 cm³/mol. The molecule has 1 aliphatic rings. The van der Waals surface area contributed by atoms with E-state index in [0.29, 0.717) is 23.2 Å². The number of methoxy groups -OCH3 is 1. The van der Waals surface area contributed by atoms with Crippen molar-refractivity contribution < 1.29 is 14.2 Å². The summed E-state index contributed by atoms with van der Waals surface area (Å²) < 4.78 is 19.5. The molecule has 0 spiro atoms. The number of phenols is 1. The largest absolute Gasteiger partial charge is 0.504 e. The first-order chi connectivity index (χ1) is 8.98. The normalized spacial score (nSPS) is 17.7. The third-order valence-electron chi connectivity index (χ3n) is 4.51. The molecule has 1 aromatic carbocycles. The van der Waals surface area contributed by atoms with Gasteiger partial charge in [-0.2, -0.15) is 0 Å². The first kappa shape index (κ1) is 14.1. The van der Waals surface area contributed by atoms with E-state index in [9.17, 15) is 9.50 Å². The fraction of sp³-hybridized carbons (Fsp3) is 0.600. The van der Waals surface area contributed by atoms with Crippen LogP contribution in [-0.4, -0.2) is 18.8 Å². The van der Waals surface area contributed by atoms with Crippen molar-refractivity contribution in [3.63, 3.8) is 0 Å². The van der Waals surface area contributed by atoms with E-state index in [0.717, 1.165) is 25.7 Å². The zero-order valence-electron chi connectivity index (χ0n) is 11.8. The van der Waals surface area contributed by atoms with E-state index in [4.69, 9.17) is 10.5 Å². The van der Waals surface area contributed by atoms with E-state index in [1.165, 1.54) is 7.11 Å². The second-order valence-corrected chi connectivity index (χ2v) is 5.51. The van der Waals surface area contributed by atoms with Gasteiger partial charge in [-0.15, -0.1) is 0 Å². The molecule has 0 bridgehead atoms. The molecule has 0 aliphatic heterocycles. The Morgan fingerprint density at radius 1 is 1.26 bits per heavy atom. The van der Waals surface area contributed by atoms with E-state index in [-0.39, 0.29) is 22.7 Å². The summed E-state index contributed by atoms with van der Waals surface area (Å²) in [6, 6.07) is 0. The van der Waals surface area contributed by atoms with Crippen molar-refractivity contribution in [1.82, 2.24) is 0 Å². The number of benzene rings is 1. The smallest absolute Gasteiger partial charge is 0.166 e. The molecule has 19 heavy (non-hydrogen) atoms. The summed E-state index contributed by atoms with van der Waals surface area (Å²) in [4.78, 5) is 0. The van der Waals surface area contributed by atoms with E-state index in [1.54, 1.807) is 13.8 Å². The fourth-order valence-electron chi connectivity index (χ4n) is 3.47. The lowest BCUT2D eigenvalue weighted by atomic mass is 9.75.